The van der Waals surface area contributed by atoms with Crippen molar-refractivity contribution in [1.29, 1.82) is 0 Å². The van der Waals surface area contributed by atoms with Gasteiger partial charge in [-0.3, -0.25) is 4.79 Å². The van der Waals surface area contributed by atoms with E-state index in [-0.39, 0.29) is 5.78 Å². The molecule has 0 saturated heterocycles. The molecule has 1 aromatic heterocycles. The molecule has 1 heterocycles. The maximum absolute atomic E-state index is 11.6. The molecule has 3 aromatic rings. The largest absolute Gasteiger partial charge is 0.495 e. The van der Waals surface area contributed by atoms with Gasteiger partial charge in [0, 0.05) is 22.3 Å². The third-order valence-electron chi connectivity index (χ3n) is 3.80. The standard InChI is InChI=1S/C20H19ClN4O2/c1-12(26)14-5-4-6-16(9-14)24-19-11-20(23-13(2)22-19)25-17-10-15(21)7-8-18(17)27-3/h4-11H,1-3H3,(H2,22,23,24,25). The predicted octanol–water partition coefficient (Wildman–Crippen LogP) is 5.14. The summed E-state index contributed by atoms with van der Waals surface area (Å²) in [5.74, 6) is 2.44. The van der Waals surface area contributed by atoms with Crippen molar-refractivity contribution in [2.24, 2.45) is 0 Å². The molecule has 0 spiro atoms. The zero-order valence-corrected chi connectivity index (χ0v) is 16.0. The Morgan fingerprint density at radius 1 is 1.04 bits per heavy atom. The molecule has 0 atom stereocenters. The number of halogens is 1. The molecule has 0 aliphatic rings. The molecule has 138 valence electrons. The number of hydrogen-bond acceptors (Lipinski definition) is 6. The minimum Gasteiger partial charge on any atom is -0.495 e. The number of rotatable bonds is 6. The van der Waals surface area contributed by atoms with E-state index in [4.69, 9.17) is 16.3 Å². The Morgan fingerprint density at radius 2 is 1.78 bits per heavy atom. The van der Waals surface area contributed by atoms with Crippen LogP contribution >= 0.6 is 11.6 Å². The van der Waals surface area contributed by atoms with Crippen molar-refractivity contribution in [2.45, 2.75) is 13.8 Å². The van der Waals surface area contributed by atoms with Gasteiger partial charge >= 0.3 is 0 Å². The summed E-state index contributed by atoms with van der Waals surface area (Å²) in [4.78, 5) is 20.4. The number of nitrogens with one attached hydrogen (secondary N) is 2. The van der Waals surface area contributed by atoms with Crippen molar-refractivity contribution in [3.63, 3.8) is 0 Å². The molecule has 27 heavy (non-hydrogen) atoms. The average Bonchev–Trinajstić information content (AvgIpc) is 2.61. The molecule has 6 nitrogen and oxygen atoms in total. The molecule has 0 radical (unpaired) electrons. The fraction of sp³-hybridized carbons (Fsp3) is 0.150. The van der Waals surface area contributed by atoms with E-state index in [0.29, 0.717) is 39.5 Å². The Hall–Kier alpha value is -3.12. The molecule has 0 fully saturated rings. The van der Waals surface area contributed by atoms with Gasteiger partial charge in [0.1, 0.15) is 23.2 Å². The quantitative estimate of drug-likeness (QED) is 0.575. The lowest BCUT2D eigenvalue weighted by molar-refractivity contribution is 0.101. The summed E-state index contributed by atoms with van der Waals surface area (Å²) in [6.07, 6.45) is 0. The van der Waals surface area contributed by atoms with Crippen LogP contribution in [0.2, 0.25) is 5.02 Å². The summed E-state index contributed by atoms with van der Waals surface area (Å²) < 4.78 is 5.35. The van der Waals surface area contributed by atoms with Crippen LogP contribution in [0.25, 0.3) is 0 Å². The highest BCUT2D eigenvalue weighted by atomic mass is 35.5. The predicted molar refractivity (Wildman–Crippen MR) is 108 cm³/mol. The zero-order chi connectivity index (χ0) is 19.4. The van der Waals surface area contributed by atoms with Crippen LogP contribution in [-0.4, -0.2) is 22.9 Å². The molecule has 0 aliphatic heterocycles. The first-order valence-corrected chi connectivity index (χ1v) is 8.66. The second kappa shape index (κ2) is 8.05. The van der Waals surface area contributed by atoms with Gasteiger partial charge in [0.05, 0.1) is 12.8 Å². The second-order valence-electron chi connectivity index (χ2n) is 5.92. The summed E-state index contributed by atoms with van der Waals surface area (Å²) in [6.45, 7) is 3.34. The van der Waals surface area contributed by atoms with Gasteiger partial charge in [-0.05, 0) is 44.2 Å². The van der Waals surface area contributed by atoms with Gasteiger partial charge in [-0.2, -0.15) is 0 Å². The minimum atomic E-state index is 0.00734. The monoisotopic (exact) mass is 382 g/mol. The number of anilines is 4. The summed E-state index contributed by atoms with van der Waals surface area (Å²) >= 11 is 6.08. The summed E-state index contributed by atoms with van der Waals surface area (Å²) in [5, 5.41) is 7.00. The number of aromatic nitrogens is 2. The summed E-state index contributed by atoms with van der Waals surface area (Å²) in [6, 6.07) is 14.3. The Bertz CT molecular complexity index is 991. The number of ether oxygens (including phenoxy) is 1. The number of carbonyl (C=O) groups is 1. The van der Waals surface area contributed by atoms with Gasteiger partial charge in [0.25, 0.3) is 0 Å². The van der Waals surface area contributed by atoms with Gasteiger partial charge in [-0.25, -0.2) is 9.97 Å². The molecule has 0 unspecified atom stereocenters. The Labute approximate surface area is 162 Å². The smallest absolute Gasteiger partial charge is 0.159 e. The number of methoxy groups -OCH3 is 1. The van der Waals surface area contributed by atoms with Crippen molar-refractivity contribution < 1.29 is 9.53 Å². The number of nitrogens with zero attached hydrogens (tertiary/aromatic N) is 2. The van der Waals surface area contributed by atoms with E-state index in [2.05, 4.69) is 20.6 Å². The van der Waals surface area contributed by atoms with Crippen molar-refractivity contribution in [2.75, 3.05) is 17.7 Å². The topological polar surface area (TPSA) is 76.1 Å². The van der Waals surface area contributed by atoms with E-state index in [1.54, 1.807) is 50.4 Å². The van der Waals surface area contributed by atoms with E-state index in [1.165, 1.54) is 6.92 Å². The molecule has 0 saturated carbocycles. The first-order valence-electron chi connectivity index (χ1n) is 8.29. The molecule has 7 heteroatoms. The maximum Gasteiger partial charge on any atom is 0.159 e. The van der Waals surface area contributed by atoms with E-state index in [0.717, 1.165) is 5.69 Å². The minimum absolute atomic E-state index is 0.00734. The number of hydrogen-bond donors (Lipinski definition) is 2. The normalized spacial score (nSPS) is 10.4. The third kappa shape index (κ3) is 4.74. The molecule has 2 N–H and O–H groups in total. The van der Waals surface area contributed by atoms with Crippen molar-refractivity contribution in [1.82, 2.24) is 9.97 Å². The summed E-state index contributed by atoms with van der Waals surface area (Å²) in [7, 11) is 1.59. The van der Waals surface area contributed by atoms with Crippen LogP contribution in [0.5, 0.6) is 5.75 Å². The van der Waals surface area contributed by atoms with Crippen LogP contribution in [0.15, 0.2) is 48.5 Å². The van der Waals surface area contributed by atoms with E-state index >= 15 is 0 Å². The molecule has 0 bridgehead atoms. The van der Waals surface area contributed by atoms with Crippen molar-refractivity contribution in [3.8, 4) is 5.75 Å². The number of carbonyl (C=O) groups excluding carboxylic acids is 1. The SMILES string of the molecule is COc1ccc(Cl)cc1Nc1cc(Nc2cccc(C(C)=O)c2)nc(C)n1. The van der Waals surface area contributed by atoms with Crippen LogP contribution in [0.3, 0.4) is 0 Å². The first-order chi connectivity index (χ1) is 12.9. The fourth-order valence-corrected chi connectivity index (χ4v) is 2.75. The van der Waals surface area contributed by atoms with Gasteiger partial charge < -0.3 is 15.4 Å². The molecular formula is C20H19ClN4O2. The van der Waals surface area contributed by atoms with E-state index in [9.17, 15) is 4.79 Å². The number of Topliss-reactive ketones (excluding diaryl/α,β-unsaturated/α-hetero) is 1. The molecule has 2 aromatic carbocycles. The summed E-state index contributed by atoms with van der Waals surface area (Å²) in [5.41, 5.74) is 2.10. The molecule has 3 rings (SSSR count). The molecular weight excluding hydrogens is 364 g/mol. The van der Waals surface area contributed by atoms with Gasteiger partial charge in [0.15, 0.2) is 5.78 Å². The van der Waals surface area contributed by atoms with Crippen molar-refractivity contribution >= 4 is 40.4 Å². The number of aryl methyl sites for hydroxylation is 1. The van der Waals surface area contributed by atoms with E-state index in [1.807, 2.05) is 12.1 Å². The average molecular weight is 383 g/mol. The van der Waals surface area contributed by atoms with Gasteiger partial charge in [-0.15, -0.1) is 0 Å². The van der Waals surface area contributed by atoms with Crippen LogP contribution in [-0.2, 0) is 0 Å². The number of benzene rings is 2. The molecule has 0 aliphatic carbocycles. The Morgan fingerprint density at radius 3 is 2.48 bits per heavy atom. The second-order valence-corrected chi connectivity index (χ2v) is 6.35. The highest BCUT2D eigenvalue weighted by Gasteiger charge is 2.08. The Kier molecular flexibility index (Phi) is 5.57. The van der Waals surface area contributed by atoms with E-state index < -0.39 is 0 Å². The van der Waals surface area contributed by atoms with Crippen LogP contribution in [0, 0.1) is 6.92 Å². The van der Waals surface area contributed by atoms with Crippen LogP contribution < -0.4 is 15.4 Å². The van der Waals surface area contributed by atoms with Crippen molar-refractivity contribution in [3.05, 3.63) is 64.9 Å². The lowest BCUT2D eigenvalue weighted by Gasteiger charge is -2.13. The van der Waals surface area contributed by atoms with Crippen LogP contribution in [0.4, 0.5) is 23.0 Å². The maximum atomic E-state index is 11.6. The lowest BCUT2D eigenvalue weighted by Crippen LogP contribution is -2.03. The Balaban J connectivity index is 1.88. The number of ketones is 1. The highest BCUT2D eigenvalue weighted by Crippen LogP contribution is 2.30. The molecule has 0 amide bonds. The van der Waals surface area contributed by atoms with Gasteiger partial charge in [-0.1, -0.05) is 23.7 Å². The fourth-order valence-electron chi connectivity index (χ4n) is 2.58. The van der Waals surface area contributed by atoms with Gasteiger partial charge in [0.2, 0.25) is 0 Å². The third-order valence-corrected chi connectivity index (χ3v) is 4.04. The first kappa shape index (κ1) is 18.7. The highest BCUT2D eigenvalue weighted by molar-refractivity contribution is 6.31. The lowest BCUT2D eigenvalue weighted by atomic mass is 10.1. The van der Waals surface area contributed by atoms with Crippen LogP contribution in [0.1, 0.15) is 23.1 Å². The zero-order valence-electron chi connectivity index (χ0n) is 15.2.